The molecule has 2 aromatic carbocycles. The quantitative estimate of drug-likeness (QED) is 0.835. The lowest BCUT2D eigenvalue weighted by Crippen LogP contribution is -2.26. The van der Waals surface area contributed by atoms with Crippen LogP contribution in [0.15, 0.2) is 54.6 Å². The fourth-order valence-corrected chi connectivity index (χ4v) is 2.62. The number of fused-ring (bicyclic) bond motifs is 1. The van der Waals surface area contributed by atoms with Gasteiger partial charge in [-0.05, 0) is 36.7 Å². The van der Waals surface area contributed by atoms with Crippen LogP contribution < -0.4 is 4.74 Å². The SMILES string of the molecule is CN1CCc2ccccc2C(Oc2ccccc2)C1.Cl. The molecule has 0 saturated heterocycles. The molecule has 0 bridgehead atoms. The lowest BCUT2D eigenvalue weighted by Gasteiger charge is -2.22. The monoisotopic (exact) mass is 289 g/mol. The second-order valence-corrected chi connectivity index (χ2v) is 5.13. The van der Waals surface area contributed by atoms with E-state index in [9.17, 15) is 0 Å². The van der Waals surface area contributed by atoms with E-state index in [2.05, 4.69) is 36.2 Å². The molecule has 2 aromatic rings. The summed E-state index contributed by atoms with van der Waals surface area (Å²) in [5.41, 5.74) is 2.74. The minimum atomic E-state index is 0. The minimum absolute atomic E-state index is 0. The van der Waals surface area contributed by atoms with Gasteiger partial charge in [0.1, 0.15) is 11.9 Å². The van der Waals surface area contributed by atoms with Crippen molar-refractivity contribution in [2.75, 3.05) is 20.1 Å². The second-order valence-electron chi connectivity index (χ2n) is 5.13. The molecule has 1 atom stereocenters. The van der Waals surface area contributed by atoms with Crippen LogP contribution in [0.3, 0.4) is 0 Å². The number of halogens is 1. The fourth-order valence-electron chi connectivity index (χ4n) is 2.62. The highest BCUT2D eigenvalue weighted by atomic mass is 35.5. The van der Waals surface area contributed by atoms with Gasteiger partial charge in [0, 0.05) is 13.1 Å². The van der Waals surface area contributed by atoms with Crippen molar-refractivity contribution in [2.45, 2.75) is 12.5 Å². The van der Waals surface area contributed by atoms with Crippen LogP contribution in [0, 0.1) is 0 Å². The predicted molar refractivity (Wildman–Crippen MR) is 84.7 cm³/mol. The van der Waals surface area contributed by atoms with E-state index in [-0.39, 0.29) is 18.5 Å². The van der Waals surface area contributed by atoms with Crippen LogP contribution >= 0.6 is 12.4 Å². The van der Waals surface area contributed by atoms with Crippen molar-refractivity contribution in [3.8, 4) is 5.75 Å². The Kier molecular flexibility index (Phi) is 5.05. The molecular weight excluding hydrogens is 270 g/mol. The molecule has 2 nitrogen and oxygen atoms in total. The molecule has 0 aliphatic carbocycles. The van der Waals surface area contributed by atoms with E-state index in [1.165, 1.54) is 11.1 Å². The third-order valence-electron chi connectivity index (χ3n) is 3.66. The summed E-state index contributed by atoms with van der Waals surface area (Å²) >= 11 is 0. The fraction of sp³-hybridized carbons (Fsp3) is 0.294. The predicted octanol–water partition coefficient (Wildman–Crippen LogP) is 3.72. The maximum atomic E-state index is 6.19. The van der Waals surface area contributed by atoms with Gasteiger partial charge in [0.05, 0.1) is 0 Å². The van der Waals surface area contributed by atoms with Crippen LogP contribution in [0.4, 0.5) is 0 Å². The van der Waals surface area contributed by atoms with Gasteiger partial charge in [-0.15, -0.1) is 12.4 Å². The summed E-state index contributed by atoms with van der Waals surface area (Å²) < 4.78 is 6.19. The average Bonchev–Trinajstić information content (AvgIpc) is 2.60. The van der Waals surface area contributed by atoms with Crippen LogP contribution in [0.2, 0.25) is 0 Å². The van der Waals surface area contributed by atoms with Crippen molar-refractivity contribution in [3.05, 3.63) is 65.7 Å². The van der Waals surface area contributed by atoms with Gasteiger partial charge in [-0.25, -0.2) is 0 Å². The number of hydrogen-bond acceptors (Lipinski definition) is 2. The van der Waals surface area contributed by atoms with Crippen LogP contribution in [-0.4, -0.2) is 25.0 Å². The van der Waals surface area contributed by atoms with E-state index in [0.29, 0.717) is 0 Å². The molecule has 1 aliphatic rings. The summed E-state index contributed by atoms with van der Waals surface area (Å²) in [5.74, 6) is 0.942. The van der Waals surface area contributed by atoms with Gasteiger partial charge < -0.3 is 9.64 Å². The second kappa shape index (κ2) is 6.78. The minimum Gasteiger partial charge on any atom is -0.484 e. The normalized spacial score (nSPS) is 18.6. The van der Waals surface area contributed by atoms with Crippen LogP contribution in [-0.2, 0) is 6.42 Å². The first-order valence-electron chi connectivity index (χ1n) is 6.81. The van der Waals surface area contributed by atoms with Crippen molar-refractivity contribution < 1.29 is 4.74 Å². The summed E-state index contributed by atoms with van der Waals surface area (Å²) in [5, 5.41) is 0. The first kappa shape index (κ1) is 14.9. The van der Waals surface area contributed by atoms with E-state index in [4.69, 9.17) is 4.74 Å². The van der Waals surface area contributed by atoms with E-state index >= 15 is 0 Å². The van der Waals surface area contributed by atoms with E-state index in [0.717, 1.165) is 25.3 Å². The Morgan fingerprint density at radius 1 is 1.00 bits per heavy atom. The van der Waals surface area contributed by atoms with Crippen molar-refractivity contribution in [1.82, 2.24) is 4.90 Å². The third kappa shape index (κ3) is 3.33. The Labute approximate surface area is 126 Å². The first-order valence-corrected chi connectivity index (χ1v) is 6.81. The third-order valence-corrected chi connectivity index (χ3v) is 3.66. The molecule has 0 fully saturated rings. The number of ether oxygens (including phenoxy) is 1. The van der Waals surface area contributed by atoms with Crippen molar-refractivity contribution in [3.63, 3.8) is 0 Å². The molecule has 0 N–H and O–H groups in total. The van der Waals surface area contributed by atoms with Crippen LogP contribution in [0.5, 0.6) is 5.75 Å². The van der Waals surface area contributed by atoms with Crippen LogP contribution in [0.1, 0.15) is 17.2 Å². The molecule has 0 aromatic heterocycles. The number of para-hydroxylation sites is 1. The zero-order valence-corrected chi connectivity index (χ0v) is 12.5. The van der Waals surface area contributed by atoms with Crippen molar-refractivity contribution in [2.24, 2.45) is 0 Å². The van der Waals surface area contributed by atoms with Crippen molar-refractivity contribution in [1.29, 1.82) is 0 Å². The molecule has 1 unspecified atom stereocenters. The number of nitrogens with zero attached hydrogens (tertiary/aromatic N) is 1. The molecule has 1 heterocycles. The Morgan fingerprint density at radius 2 is 1.70 bits per heavy atom. The molecule has 20 heavy (non-hydrogen) atoms. The maximum Gasteiger partial charge on any atom is 0.137 e. The lowest BCUT2D eigenvalue weighted by molar-refractivity contribution is 0.156. The zero-order chi connectivity index (χ0) is 13.1. The van der Waals surface area contributed by atoms with Gasteiger partial charge in [0.2, 0.25) is 0 Å². The number of hydrogen-bond donors (Lipinski definition) is 0. The highest BCUT2D eigenvalue weighted by molar-refractivity contribution is 5.85. The standard InChI is InChI=1S/C17H19NO.ClH/c1-18-12-11-14-7-5-6-10-16(14)17(13-18)19-15-8-3-2-4-9-15;/h2-10,17H,11-13H2,1H3;1H. The summed E-state index contributed by atoms with van der Waals surface area (Å²) in [6.07, 6.45) is 1.22. The van der Waals surface area contributed by atoms with E-state index in [1.807, 2.05) is 30.3 Å². The number of likely N-dealkylation sites (N-methyl/N-ethyl adjacent to an activating group) is 1. The Morgan fingerprint density at radius 3 is 2.50 bits per heavy atom. The van der Waals surface area contributed by atoms with Gasteiger partial charge in [-0.2, -0.15) is 0 Å². The van der Waals surface area contributed by atoms with Crippen molar-refractivity contribution >= 4 is 12.4 Å². The van der Waals surface area contributed by atoms with Gasteiger partial charge in [-0.1, -0.05) is 42.5 Å². The summed E-state index contributed by atoms with van der Waals surface area (Å²) in [6.45, 7) is 2.03. The van der Waals surface area contributed by atoms with E-state index in [1.54, 1.807) is 0 Å². The highest BCUT2D eigenvalue weighted by Crippen LogP contribution is 2.27. The van der Waals surface area contributed by atoms with Crippen LogP contribution in [0.25, 0.3) is 0 Å². The lowest BCUT2D eigenvalue weighted by atomic mass is 10.0. The molecule has 106 valence electrons. The highest BCUT2D eigenvalue weighted by Gasteiger charge is 2.22. The maximum absolute atomic E-state index is 6.19. The van der Waals surface area contributed by atoms with E-state index < -0.39 is 0 Å². The topological polar surface area (TPSA) is 12.5 Å². The Bertz CT molecular complexity index is 544. The molecule has 0 radical (unpaired) electrons. The van der Waals surface area contributed by atoms with Gasteiger partial charge >= 0.3 is 0 Å². The molecule has 0 saturated carbocycles. The Balaban J connectivity index is 0.00000147. The zero-order valence-electron chi connectivity index (χ0n) is 11.7. The molecular formula is C17H20ClNO. The molecule has 3 rings (SSSR count). The number of benzene rings is 2. The molecule has 0 spiro atoms. The summed E-state index contributed by atoms with van der Waals surface area (Å²) in [7, 11) is 2.16. The summed E-state index contributed by atoms with van der Waals surface area (Å²) in [4.78, 5) is 2.34. The smallest absolute Gasteiger partial charge is 0.137 e. The average molecular weight is 290 g/mol. The van der Waals surface area contributed by atoms with Gasteiger partial charge in [-0.3, -0.25) is 0 Å². The number of rotatable bonds is 2. The molecule has 3 heteroatoms. The summed E-state index contributed by atoms with van der Waals surface area (Å²) in [6, 6.07) is 18.7. The molecule has 1 aliphatic heterocycles. The molecule has 0 amide bonds. The Hall–Kier alpha value is -1.51. The van der Waals surface area contributed by atoms with Gasteiger partial charge in [0.15, 0.2) is 0 Å². The largest absolute Gasteiger partial charge is 0.484 e. The van der Waals surface area contributed by atoms with Gasteiger partial charge in [0.25, 0.3) is 0 Å². The first-order chi connectivity index (χ1) is 9.33.